The lowest BCUT2D eigenvalue weighted by Crippen LogP contribution is -2.23. The molecule has 1 saturated carbocycles. The molecule has 0 bridgehead atoms. The van der Waals surface area contributed by atoms with Gasteiger partial charge in [0.05, 0.1) is 6.04 Å². The van der Waals surface area contributed by atoms with Crippen molar-refractivity contribution in [3.8, 4) is 0 Å². The van der Waals surface area contributed by atoms with Crippen LogP contribution in [0.4, 0.5) is 0 Å². The first-order valence-corrected chi connectivity index (χ1v) is 7.94. The second kappa shape index (κ2) is 6.07. The monoisotopic (exact) mass is 315 g/mol. The quantitative estimate of drug-likeness (QED) is 0.728. The molecule has 2 N–H and O–H groups in total. The lowest BCUT2D eigenvalue weighted by Gasteiger charge is -2.26. The van der Waals surface area contributed by atoms with E-state index in [0.717, 1.165) is 23.1 Å². The van der Waals surface area contributed by atoms with Gasteiger partial charge in [-0.05, 0) is 61.3 Å². The van der Waals surface area contributed by atoms with Crippen molar-refractivity contribution in [1.82, 2.24) is 0 Å². The molecule has 5 heteroatoms. The van der Waals surface area contributed by atoms with Crippen molar-refractivity contribution in [2.24, 2.45) is 10.9 Å². The second-order valence-corrected chi connectivity index (χ2v) is 6.17. The Morgan fingerprint density at radius 1 is 1.30 bits per heavy atom. The van der Waals surface area contributed by atoms with Crippen LogP contribution in [0.25, 0.3) is 0 Å². The molecule has 3 rings (SSSR count). The first-order chi connectivity index (χ1) is 11.0. The van der Waals surface area contributed by atoms with E-state index in [4.69, 9.17) is 4.74 Å². The zero-order valence-corrected chi connectivity index (χ0v) is 13.3. The highest BCUT2D eigenvalue weighted by atomic mass is 16.6. The number of carbonyl (C=O) groups is 1. The van der Waals surface area contributed by atoms with Gasteiger partial charge in [-0.3, -0.25) is 9.79 Å². The van der Waals surface area contributed by atoms with Gasteiger partial charge in [0.15, 0.2) is 11.5 Å². The van der Waals surface area contributed by atoms with E-state index in [2.05, 4.69) is 4.99 Å². The molecule has 0 saturated heterocycles. The Hall–Kier alpha value is -2.30. The van der Waals surface area contributed by atoms with Crippen LogP contribution >= 0.6 is 0 Å². The summed E-state index contributed by atoms with van der Waals surface area (Å²) in [7, 11) is 0. The first kappa shape index (κ1) is 15.6. The zero-order chi connectivity index (χ0) is 16.6. The topological polar surface area (TPSA) is 79.1 Å². The van der Waals surface area contributed by atoms with Gasteiger partial charge in [-0.15, -0.1) is 0 Å². The normalized spacial score (nSPS) is 31.3. The van der Waals surface area contributed by atoms with E-state index in [1.54, 1.807) is 18.4 Å². The lowest BCUT2D eigenvalue weighted by atomic mass is 9.93. The fourth-order valence-electron chi connectivity index (χ4n) is 3.28. The number of rotatable bonds is 1. The first-order valence-electron chi connectivity index (χ1n) is 7.94. The highest BCUT2D eigenvalue weighted by Crippen LogP contribution is 2.40. The molecule has 0 aromatic rings. The minimum atomic E-state index is -0.472. The third-order valence-corrected chi connectivity index (χ3v) is 4.59. The number of hydrogen-bond donors (Lipinski definition) is 2. The highest BCUT2D eigenvalue weighted by Gasteiger charge is 2.36. The third-order valence-electron chi connectivity index (χ3n) is 4.59. The predicted molar refractivity (Wildman–Crippen MR) is 87.4 cm³/mol. The third kappa shape index (κ3) is 2.83. The van der Waals surface area contributed by atoms with Gasteiger partial charge in [0.25, 0.3) is 0 Å². The highest BCUT2D eigenvalue weighted by molar-refractivity contribution is 5.94. The number of nitrogens with zero attached hydrogens (tertiary/aromatic N) is 1. The Balaban J connectivity index is 2.10. The molecule has 3 aliphatic rings. The number of fused-ring (bicyclic) bond motifs is 3. The zero-order valence-electron chi connectivity index (χ0n) is 13.3. The number of hydrogen-bond acceptors (Lipinski definition) is 5. The number of carbonyl (C=O) groups excluding carboxylic acids is 1. The standard InChI is InChI=1S/C18H21NO4/c1-3-19-14-7-5-11-8-16(21)18(22)23-17(11)12-6-4-10(2)15(20)9-13(12)14/h3,6,8-10,14,17,21-22H,4-5,7H2,1-2H3. The summed E-state index contributed by atoms with van der Waals surface area (Å²) in [4.78, 5) is 16.8. The van der Waals surface area contributed by atoms with Crippen molar-refractivity contribution in [2.45, 2.75) is 45.3 Å². The minimum Gasteiger partial charge on any atom is -0.502 e. The van der Waals surface area contributed by atoms with Crippen LogP contribution in [-0.4, -0.2) is 34.4 Å². The Bertz CT molecular complexity index is 681. The summed E-state index contributed by atoms with van der Waals surface area (Å²) < 4.78 is 5.55. The molecule has 0 radical (unpaired) electrons. The van der Waals surface area contributed by atoms with Gasteiger partial charge in [-0.1, -0.05) is 13.0 Å². The van der Waals surface area contributed by atoms with Crippen LogP contribution < -0.4 is 0 Å². The van der Waals surface area contributed by atoms with E-state index in [0.29, 0.717) is 12.8 Å². The second-order valence-electron chi connectivity index (χ2n) is 6.17. The Kier molecular flexibility index (Phi) is 4.11. The molecule has 1 heterocycles. The van der Waals surface area contributed by atoms with Crippen molar-refractivity contribution in [1.29, 1.82) is 0 Å². The summed E-state index contributed by atoms with van der Waals surface area (Å²) >= 11 is 0. The molecule has 3 atom stereocenters. The number of aliphatic imine (C=N–C) groups is 1. The van der Waals surface area contributed by atoms with Crippen molar-refractivity contribution in [3.63, 3.8) is 0 Å². The van der Waals surface area contributed by atoms with Crippen molar-refractivity contribution in [2.75, 3.05) is 0 Å². The maximum Gasteiger partial charge on any atom is 0.321 e. The van der Waals surface area contributed by atoms with Crippen LogP contribution in [0.15, 0.2) is 51.6 Å². The van der Waals surface area contributed by atoms with Gasteiger partial charge in [0.1, 0.15) is 6.10 Å². The number of ether oxygens (including phenoxy) is 1. The van der Waals surface area contributed by atoms with Crippen molar-refractivity contribution in [3.05, 3.63) is 46.7 Å². The van der Waals surface area contributed by atoms with E-state index in [1.165, 1.54) is 0 Å². The molecule has 0 aromatic carbocycles. The largest absolute Gasteiger partial charge is 0.502 e. The summed E-state index contributed by atoms with van der Waals surface area (Å²) in [6.07, 6.45) is 8.59. The molecule has 5 nitrogen and oxygen atoms in total. The molecule has 0 aromatic heterocycles. The molecule has 1 fully saturated rings. The van der Waals surface area contributed by atoms with Gasteiger partial charge in [-0.25, -0.2) is 0 Å². The van der Waals surface area contributed by atoms with E-state index in [-0.39, 0.29) is 23.5 Å². The molecule has 0 spiro atoms. The SMILES string of the molecule is CC=NC1CCC2=CC(O)=C(O)OC2C2=CCC(C)C(=O)C=C21. The van der Waals surface area contributed by atoms with Gasteiger partial charge in [0.2, 0.25) is 0 Å². The van der Waals surface area contributed by atoms with Gasteiger partial charge >= 0.3 is 5.95 Å². The molecule has 3 unspecified atom stereocenters. The number of aliphatic hydroxyl groups excluding tert-OH is 2. The molecular formula is C18H21NO4. The molecule has 23 heavy (non-hydrogen) atoms. The van der Waals surface area contributed by atoms with Gasteiger partial charge in [0, 0.05) is 5.92 Å². The van der Waals surface area contributed by atoms with Gasteiger partial charge < -0.3 is 14.9 Å². The molecule has 0 amide bonds. The molecule has 1 aliphatic heterocycles. The Labute approximate surface area is 135 Å². The van der Waals surface area contributed by atoms with Crippen LogP contribution in [0.1, 0.15) is 33.1 Å². The molecular weight excluding hydrogens is 294 g/mol. The van der Waals surface area contributed by atoms with E-state index in [9.17, 15) is 15.0 Å². The summed E-state index contributed by atoms with van der Waals surface area (Å²) in [5.41, 5.74) is 2.63. The Morgan fingerprint density at radius 2 is 2.09 bits per heavy atom. The average Bonchev–Trinajstić information content (AvgIpc) is 2.74. The van der Waals surface area contributed by atoms with E-state index in [1.807, 2.05) is 19.9 Å². The van der Waals surface area contributed by atoms with Crippen LogP contribution in [0.3, 0.4) is 0 Å². The van der Waals surface area contributed by atoms with Crippen LogP contribution in [-0.2, 0) is 9.53 Å². The summed E-state index contributed by atoms with van der Waals surface area (Å²) in [5.74, 6) is -0.715. The molecule has 122 valence electrons. The van der Waals surface area contributed by atoms with Crippen LogP contribution in [0, 0.1) is 5.92 Å². The number of allylic oxidation sites excluding steroid dienone is 3. The maximum absolute atomic E-state index is 12.3. The van der Waals surface area contributed by atoms with Gasteiger partial charge in [-0.2, -0.15) is 0 Å². The van der Waals surface area contributed by atoms with E-state index >= 15 is 0 Å². The molecule has 2 aliphatic carbocycles. The fraction of sp³-hybridized carbons (Fsp3) is 0.444. The summed E-state index contributed by atoms with van der Waals surface area (Å²) in [6.45, 7) is 3.76. The predicted octanol–water partition coefficient (Wildman–Crippen LogP) is 3.31. The fourth-order valence-corrected chi connectivity index (χ4v) is 3.28. The number of ketones is 1. The van der Waals surface area contributed by atoms with Crippen molar-refractivity contribution < 1.29 is 19.7 Å². The lowest BCUT2D eigenvalue weighted by molar-refractivity contribution is -0.117. The smallest absolute Gasteiger partial charge is 0.321 e. The summed E-state index contributed by atoms with van der Waals surface area (Å²) in [5, 5.41) is 19.5. The van der Waals surface area contributed by atoms with Crippen LogP contribution in [0.2, 0.25) is 0 Å². The summed E-state index contributed by atoms with van der Waals surface area (Å²) in [6, 6.07) is -0.111. The minimum absolute atomic E-state index is 0.0817. The number of aliphatic hydroxyl groups is 2. The van der Waals surface area contributed by atoms with Crippen LogP contribution in [0.5, 0.6) is 0 Å². The Morgan fingerprint density at radius 3 is 2.83 bits per heavy atom. The average molecular weight is 315 g/mol. The van der Waals surface area contributed by atoms with Crippen molar-refractivity contribution >= 4 is 12.0 Å². The van der Waals surface area contributed by atoms with E-state index < -0.39 is 12.0 Å². The maximum atomic E-state index is 12.3.